The highest BCUT2D eigenvalue weighted by molar-refractivity contribution is 5.84. The predicted molar refractivity (Wildman–Crippen MR) is 81.3 cm³/mol. The van der Waals surface area contributed by atoms with Gasteiger partial charge in [0, 0.05) is 19.2 Å². The Labute approximate surface area is 130 Å². The Morgan fingerprint density at radius 3 is 2.86 bits per heavy atom. The van der Waals surface area contributed by atoms with Gasteiger partial charge in [-0.15, -0.1) is 0 Å². The zero-order valence-electron chi connectivity index (χ0n) is 13.2. The van der Waals surface area contributed by atoms with E-state index in [1.165, 1.54) is 19.2 Å². The number of hydrogen-bond donors (Lipinski definition) is 2. The first-order valence-electron chi connectivity index (χ1n) is 7.36. The maximum Gasteiger partial charge on any atom is 0.230 e. The summed E-state index contributed by atoms with van der Waals surface area (Å²) >= 11 is 0. The van der Waals surface area contributed by atoms with Gasteiger partial charge in [0.15, 0.2) is 0 Å². The molecule has 1 saturated heterocycles. The number of halogens is 1. The van der Waals surface area contributed by atoms with Gasteiger partial charge in [0.05, 0.1) is 25.2 Å². The lowest BCUT2D eigenvalue weighted by Crippen LogP contribution is -2.46. The third kappa shape index (κ3) is 3.39. The van der Waals surface area contributed by atoms with Crippen LogP contribution in [0.3, 0.4) is 0 Å². The van der Waals surface area contributed by atoms with E-state index in [0.29, 0.717) is 24.5 Å². The number of carbonyl (C=O) groups excluding carboxylic acids is 1. The number of nitrogens with one attached hydrogen (secondary N) is 2. The van der Waals surface area contributed by atoms with Crippen molar-refractivity contribution in [1.82, 2.24) is 10.6 Å². The molecule has 1 fully saturated rings. The number of methoxy groups -OCH3 is 2. The fourth-order valence-electron chi connectivity index (χ4n) is 2.87. The van der Waals surface area contributed by atoms with E-state index in [4.69, 9.17) is 9.47 Å². The van der Waals surface area contributed by atoms with Gasteiger partial charge in [-0.25, -0.2) is 4.39 Å². The van der Waals surface area contributed by atoms with Gasteiger partial charge in [-0.3, -0.25) is 4.79 Å². The molecule has 1 aromatic rings. The minimum atomic E-state index is -0.566. The lowest BCUT2D eigenvalue weighted by atomic mass is 9.86. The second-order valence-corrected chi connectivity index (χ2v) is 5.72. The van der Waals surface area contributed by atoms with E-state index in [0.717, 1.165) is 13.0 Å². The normalized spacial score (nSPS) is 22.4. The molecule has 0 radical (unpaired) electrons. The molecular formula is C16H23FN2O3. The van der Waals surface area contributed by atoms with Crippen LogP contribution in [0.1, 0.15) is 24.9 Å². The molecule has 2 N–H and O–H groups in total. The van der Waals surface area contributed by atoms with Crippen LogP contribution in [0.4, 0.5) is 4.39 Å². The standard InChI is InChI=1S/C16H23FN2O3/c1-11(13-8-12(17)4-5-14(13)22-3)19-15(20)16(10-21-2)6-7-18-9-16/h4-5,8,11,18H,6-7,9-10H2,1-3H3,(H,19,20). The number of ether oxygens (including phenoxy) is 2. The van der Waals surface area contributed by atoms with E-state index in [2.05, 4.69) is 10.6 Å². The molecule has 0 aromatic heterocycles. The maximum atomic E-state index is 13.5. The molecule has 1 amide bonds. The Bertz CT molecular complexity index is 530. The molecule has 22 heavy (non-hydrogen) atoms. The number of benzene rings is 1. The molecule has 6 heteroatoms. The highest BCUT2D eigenvalue weighted by atomic mass is 19.1. The Morgan fingerprint density at radius 1 is 1.50 bits per heavy atom. The molecule has 1 aliphatic heterocycles. The Morgan fingerprint density at radius 2 is 2.27 bits per heavy atom. The van der Waals surface area contributed by atoms with Crippen LogP contribution in [0.25, 0.3) is 0 Å². The number of hydrogen-bond acceptors (Lipinski definition) is 4. The first-order chi connectivity index (χ1) is 10.5. The number of rotatable bonds is 6. The second kappa shape index (κ2) is 7.07. The van der Waals surface area contributed by atoms with E-state index in [1.54, 1.807) is 13.2 Å². The van der Waals surface area contributed by atoms with Gasteiger partial charge in [-0.1, -0.05) is 0 Å². The van der Waals surface area contributed by atoms with Crippen LogP contribution in [-0.2, 0) is 9.53 Å². The summed E-state index contributed by atoms with van der Waals surface area (Å²) in [6, 6.07) is 3.94. The molecule has 0 spiro atoms. The molecule has 2 rings (SSSR count). The van der Waals surface area contributed by atoms with Gasteiger partial charge in [0.2, 0.25) is 5.91 Å². The van der Waals surface area contributed by atoms with Crippen molar-refractivity contribution >= 4 is 5.91 Å². The van der Waals surface area contributed by atoms with Gasteiger partial charge < -0.3 is 20.1 Å². The summed E-state index contributed by atoms with van der Waals surface area (Å²) in [5.74, 6) is 0.115. The summed E-state index contributed by atoms with van der Waals surface area (Å²) in [5, 5.41) is 6.16. The molecule has 0 saturated carbocycles. The topological polar surface area (TPSA) is 59.6 Å². The van der Waals surface area contributed by atoms with Crippen molar-refractivity contribution in [3.63, 3.8) is 0 Å². The first-order valence-corrected chi connectivity index (χ1v) is 7.36. The molecule has 0 aliphatic carbocycles. The SMILES string of the molecule is COCC1(C(=O)NC(C)c2cc(F)ccc2OC)CCNC1. The smallest absolute Gasteiger partial charge is 0.230 e. The third-order valence-corrected chi connectivity index (χ3v) is 4.15. The quantitative estimate of drug-likeness (QED) is 0.838. The van der Waals surface area contributed by atoms with Crippen LogP contribution in [-0.4, -0.2) is 39.8 Å². The van der Waals surface area contributed by atoms with Crippen molar-refractivity contribution in [3.05, 3.63) is 29.6 Å². The summed E-state index contributed by atoms with van der Waals surface area (Å²) < 4.78 is 23.9. The van der Waals surface area contributed by atoms with Crippen LogP contribution in [0, 0.1) is 11.2 Å². The Hall–Kier alpha value is -1.66. The molecule has 1 heterocycles. The largest absolute Gasteiger partial charge is 0.496 e. The van der Waals surface area contributed by atoms with Gasteiger partial charge in [-0.2, -0.15) is 0 Å². The van der Waals surface area contributed by atoms with Crippen LogP contribution < -0.4 is 15.4 Å². The van der Waals surface area contributed by atoms with Crippen LogP contribution in [0.2, 0.25) is 0 Å². The van der Waals surface area contributed by atoms with Crippen molar-refractivity contribution in [2.45, 2.75) is 19.4 Å². The predicted octanol–water partition coefficient (Wildman–Crippen LogP) is 1.64. The zero-order valence-corrected chi connectivity index (χ0v) is 13.2. The minimum absolute atomic E-state index is 0.0850. The lowest BCUT2D eigenvalue weighted by Gasteiger charge is -2.28. The molecular weight excluding hydrogens is 287 g/mol. The third-order valence-electron chi connectivity index (χ3n) is 4.15. The molecule has 122 valence electrons. The van der Waals surface area contributed by atoms with E-state index in [-0.39, 0.29) is 17.8 Å². The van der Waals surface area contributed by atoms with Gasteiger partial charge in [0.1, 0.15) is 11.6 Å². The molecule has 2 atom stereocenters. The van der Waals surface area contributed by atoms with E-state index < -0.39 is 5.41 Å². The lowest BCUT2D eigenvalue weighted by molar-refractivity contribution is -0.133. The molecule has 2 unspecified atom stereocenters. The average Bonchev–Trinajstić information content (AvgIpc) is 2.97. The van der Waals surface area contributed by atoms with Crippen molar-refractivity contribution in [2.24, 2.45) is 5.41 Å². The molecule has 0 bridgehead atoms. The highest BCUT2D eigenvalue weighted by Gasteiger charge is 2.41. The monoisotopic (exact) mass is 310 g/mol. The molecule has 1 aliphatic rings. The van der Waals surface area contributed by atoms with Crippen molar-refractivity contribution in [2.75, 3.05) is 33.9 Å². The van der Waals surface area contributed by atoms with Crippen molar-refractivity contribution < 1.29 is 18.7 Å². The first kappa shape index (κ1) is 16.7. The second-order valence-electron chi connectivity index (χ2n) is 5.72. The van der Waals surface area contributed by atoms with E-state index in [9.17, 15) is 9.18 Å². The molecule has 5 nitrogen and oxygen atoms in total. The maximum absolute atomic E-state index is 13.5. The number of carbonyl (C=O) groups is 1. The van der Waals surface area contributed by atoms with Gasteiger partial charge >= 0.3 is 0 Å². The highest BCUT2D eigenvalue weighted by Crippen LogP contribution is 2.30. The van der Waals surface area contributed by atoms with Crippen molar-refractivity contribution in [3.8, 4) is 5.75 Å². The van der Waals surface area contributed by atoms with Crippen LogP contribution in [0.15, 0.2) is 18.2 Å². The summed E-state index contributed by atoms with van der Waals surface area (Å²) in [4.78, 5) is 12.7. The minimum Gasteiger partial charge on any atom is -0.496 e. The summed E-state index contributed by atoms with van der Waals surface area (Å²) in [7, 11) is 3.12. The fraction of sp³-hybridized carbons (Fsp3) is 0.562. The van der Waals surface area contributed by atoms with E-state index >= 15 is 0 Å². The van der Waals surface area contributed by atoms with Crippen LogP contribution >= 0.6 is 0 Å². The van der Waals surface area contributed by atoms with Gasteiger partial charge in [0.25, 0.3) is 0 Å². The Balaban J connectivity index is 2.15. The summed E-state index contributed by atoms with van der Waals surface area (Å²) in [6.07, 6.45) is 0.722. The summed E-state index contributed by atoms with van der Waals surface area (Å²) in [5.41, 5.74) is 0.0539. The zero-order chi connectivity index (χ0) is 16.2. The number of amides is 1. The van der Waals surface area contributed by atoms with Gasteiger partial charge in [-0.05, 0) is 38.1 Å². The van der Waals surface area contributed by atoms with E-state index in [1.807, 2.05) is 6.92 Å². The van der Waals surface area contributed by atoms with Crippen molar-refractivity contribution in [1.29, 1.82) is 0 Å². The Kier molecular flexibility index (Phi) is 5.37. The summed E-state index contributed by atoms with van der Waals surface area (Å²) in [6.45, 7) is 3.55. The average molecular weight is 310 g/mol. The van der Waals surface area contributed by atoms with Crippen LogP contribution in [0.5, 0.6) is 5.75 Å². The molecule has 1 aromatic carbocycles. The fourth-order valence-corrected chi connectivity index (χ4v) is 2.87.